The van der Waals surface area contributed by atoms with E-state index in [0.717, 1.165) is 25.7 Å². The third kappa shape index (κ3) is 1.70. The van der Waals surface area contributed by atoms with Gasteiger partial charge in [0.15, 0.2) is 9.84 Å². The Labute approximate surface area is 98.2 Å². The fourth-order valence-corrected chi connectivity index (χ4v) is 6.04. The van der Waals surface area contributed by atoms with E-state index in [9.17, 15) is 13.5 Å². The molecule has 4 heteroatoms. The van der Waals surface area contributed by atoms with Crippen molar-refractivity contribution >= 4 is 9.84 Å². The first-order chi connectivity index (χ1) is 7.42. The standard InChI is InChI=1S/C12H22O3S/c1-3-12(13)8-9(2)16(14,15)11-7-5-4-6-10(11)12/h9-11,13H,3-8H2,1-2H3. The molecule has 16 heavy (non-hydrogen) atoms. The van der Waals surface area contributed by atoms with E-state index in [1.54, 1.807) is 6.92 Å². The van der Waals surface area contributed by atoms with Crippen molar-refractivity contribution in [2.75, 3.05) is 0 Å². The van der Waals surface area contributed by atoms with Crippen LogP contribution in [0.1, 0.15) is 52.4 Å². The maximum absolute atomic E-state index is 12.2. The predicted molar refractivity (Wildman–Crippen MR) is 64.0 cm³/mol. The summed E-state index contributed by atoms with van der Waals surface area (Å²) in [4.78, 5) is 0. The lowest BCUT2D eigenvalue weighted by Gasteiger charge is -2.48. The lowest BCUT2D eigenvalue weighted by atomic mass is 9.72. The lowest BCUT2D eigenvalue weighted by Crippen LogP contribution is -2.56. The van der Waals surface area contributed by atoms with Crippen LogP contribution in [0.25, 0.3) is 0 Å². The van der Waals surface area contributed by atoms with Crippen molar-refractivity contribution in [1.29, 1.82) is 0 Å². The Morgan fingerprint density at radius 2 is 1.94 bits per heavy atom. The van der Waals surface area contributed by atoms with Crippen molar-refractivity contribution in [2.45, 2.75) is 68.5 Å². The molecule has 0 amide bonds. The van der Waals surface area contributed by atoms with Gasteiger partial charge in [-0.2, -0.15) is 0 Å². The van der Waals surface area contributed by atoms with Gasteiger partial charge in [-0.3, -0.25) is 0 Å². The average molecular weight is 246 g/mol. The largest absolute Gasteiger partial charge is 0.390 e. The maximum atomic E-state index is 12.2. The highest BCUT2D eigenvalue weighted by Crippen LogP contribution is 2.46. The molecule has 0 spiro atoms. The van der Waals surface area contributed by atoms with Crippen LogP contribution in [0.15, 0.2) is 0 Å². The Balaban J connectivity index is 2.38. The minimum Gasteiger partial charge on any atom is -0.390 e. The summed E-state index contributed by atoms with van der Waals surface area (Å²) in [5.74, 6) is -0.0209. The van der Waals surface area contributed by atoms with Gasteiger partial charge in [-0.1, -0.05) is 19.8 Å². The second kappa shape index (κ2) is 3.98. The molecule has 0 radical (unpaired) electrons. The average Bonchev–Trinajstić information content (AvgIpc) is 2.27. The van der Waals surface area contributed by atoms with Gasteiger partial charge in [-0.05, 0) is 32.6 Å². The van der Waals surface area contributed by atoms with Crippen molar-refractivity contribution < 1.29 is 13.5 Å². The van der Waals surface area contributed by atoms with Crippen LogP contribution in [-0.2, 0) is 9.84 Å². The first-order valence-corrected chi connectivity index (χ1v) is 7.98. The molecule has 1 saturated carbocycles. The molecule has 3 nitrogen and oxygen atoms in total. The van der Waals surface area contributed by atoms with E-state index in [0.29, 0.717) is 12.8 Å². The van der Waals surface area contributed by atoms with Crippen LogP contribution in [0, 0.1) is 5.92 Å². The molecule has 0 aromatic rings. The maximum Gasteiger partial charge on any atom is 0.156 e. The van der Waals surface area contributed by atoms with Crippen molar-refractivity contribution in [3.63, 3.8) is 0 Å². The van der Waals surface area contributed by atoms with Gasteiger partial charge >= 0.3 is 0 Å². The van der Waals surface area contributed by atoms with Gasteiger partial charge < -0.3 is 5.11 Å². The number of hydrogen-bond donors (Lipinski definition) is 1. The van der Waals surface area contributed by atoms with Gasteiger partial charge in [0.05, 0.1) is 16.1 Å². The molecular formula is C12H22O3S. The van der Waals surface area contributed by atoms with Gasteiger partial charge in [0.2, 0.25) is 0 Å². The molecule has 2 fully saturated rings. The summed E-state index contributed by atoms with van der Waals surface area (Å²) in [7, 11) is -3.00. The van der Waals surface area contributed by atoms with Gasteiger partial charge in [0.1, 0.15) is 0 Å². The number of hydrogen-bond acceptors (Lipinski definition) is 3. The number of rotatable bonds is 1. The zero-order chi connectivity index (χ0) is 12.0. The molecule has 1 saturated heterocycles. The summed E-state index contributed by atoms with van der Waals surface area (Å²) in [6.45, 7) is 3.72. The molecule has 0 aromatic heterocycles. The highest BCUT2D eigenvalue weighted by molar-refractivity contribution is 7.92. The van der Waals surface area contributed by atoms with E-state index >= 15 is 0 Å². The Kier molecular flexibility index (Phi) is 3.08. The van der Waals surface area contributed by atoms with Crippen LogP contribution in [0.4, 0.5) is 0 Å². The smallest absolute Gasteiger partial charge is 0.156 e. The molecule has 2 aliphatic rings. The molecule has 94 valence electrons. The van der Waals surface area contributed by atoms with Crippen LogP contribution >= 0.6 is 0 Å². The summed E-state index contributed by atoms with van der Waals surface area (Å²) < 4.78 is 24.5. The quantitative estimate of drug-likeness (QED) is 0.768. The van der Waals surface area contributed by atoms with Crippen LogP contribution in [0.5, 0.6) is 0 Å². The van der Waals surface area contributed by atoms with Crippen LogP contribution < -0.4 is 0 Å². The second-order valence-electron chi connectivity index (χ2n) is 5.49. The molecule has 0 aromatic carbocycles. The summed E-state index contributed by atoms with van der Waals surface area (Å²) >= 11 is 0. The van der Waals surface area contributed by atoms with E-state index in [1.165, 1.54) is 0 Å². The number of aliphatic hydroxyl groups is 1. The minimum atomic E-state index is -3.00. The zero-order valence-corrected chi connectivity index (χ0v) is 11.0. The normalized spacial score (nSPS) is 47.3. The molecule has 0 bridgehead atoms. The molecule has 1 N–H and O–H groups in total. The zero-order valence-electron chi connectivity index (χ0n) is 10.1. The fourth-order valence-electron chi connectivity index (χ4n) is 3.58. The fraction of sp³-hybridized carbons (Fsp3) is 1.00. The van der Waals surface area contributed by atoms with Crippen LogP contribution in [0.2, 0.25) is 0 Å². The molecule has 1 heterocycles. The lowest BCUT2D eigenvalue weighted by molar-refractivity contribution is -0.0476. The van der Waals surface area contributed by atoms with Gasteiger partial charge in [-0.15, -0.1) is 0 Å². The summed E-state index contributed by atoms with van der Waals surface area (Å²) in [6.07, 6.45) is 4.78. The summed E-state index contributed by atoms with van der Waals surface area (Å²) in [6, 6.07) is 0. The van der Waals surface area contributed by atoms with E-state index in [2.05, 4.69) is 0 Å². The van der Waals surface area contributed by atoms with Gasteiger partial charge in [0.25, 0.3) is 0 Å². The molecular weight excluding hydrogens is 224 g/mol. The van der Waals surface area contributed by atoms with Crippen LogP contribution in [0.3, 0.4) is 0 Å². The van der Waals surface area contributed by atoms with E-state index < -0.39 is 15.4 Å². The van der Waals surface area contributed by atoms with E-state index in [1.807, 2.05) is 6.92 Å². The Morgan fingerprint density at radius 3 is 2.56 bits per heavy atom. The number of fused-ring (bicyclic) bond motifs is 1. The second-order valence-corrected chi connectivity index (χ2v) is 8.08. The molecule has 1 aliphatic heterocycles. The Morgan fingerprint density at radius 1 is 1.31 bits per heavy atom. The highest BCUT2D eigenvalue weighted by atomic mass is 32.2. The Bertz CT molecular complexity index is 362. The van der Waals surface area contributed by atoms with Crippen molar-refractivity contribution in [3.8, 4) is 0 Å². The first kappa shape index (κ1) is 12.4. The van der Waals surface area contributed by atoms with E-state index in [-0.39, 0.29) is 16.4 Å². The predicted octanol–water partition coefficient (Wildman–Crippen LogP) is 1.89. The summed E-state index contributed by atoms with van der Waals surface area (Å²) in [5, 5.41) is 9.95. The SMILES string of the molecule is CCC1(O)CC(C)S(=O)(=O)C2CCCCC21. The van der Waals surface area contributed by atoms with E-state index in [4.69, 9.17) is 0 Å². The third-order valence-corrected chi connectivity index (χ3v) is 7.33. The molecule has 2 rings (SSSR count). The van der Waals surface area contributed by atoms with Crippen LogP contribution in [-0.4, -0.2) is 29.6 Å². The monoisotopic (exact) mass is 246 g/mol. The van der Waals surface area contributed by atoms with Gasteiger partial charge in [0, 0.05) is 5.92 Å². The van der Waals surface area contributed by atoms with Crippen molar-refractivity contribution in [1.82, 2.24) is 0 Å². The minimum absolute atomic E-state index is 0.0209. The molecule has 1 aliphatic carbocycles. The topological polar surface area (TPSA) is 54.4 Å². The number of sulfone groups is 1. The van der Waals surface area contributed by atoms with Gasteiger partial charge in [-0.25, -0.2) is 8.42 Å². The molecule has 4 atom stereocenters. The summed E-state index contributed by atoms with van der Waals surface area (Å²) in [5.41, 5.74) is -0.740. The highest BCUT2D eigenvalue weighted by Gasteiger charge is 2.53. The Hall–Kier alpha value is -0.0900. The van der Waals surface area contributed by atoms with Crippen molar-refractivity contribution in [2.24, 2.45) is 5.92 Å². The first-order valence-electron chi connectivity index (χ1n) is 6.37. The van der Waals surface area contributed by atoms with Crippen molar-refractivity contribution in [3.05, 3.63) is 0 Å². The third-order valence-electron chi connectivity index (χ3n) is 4.63. The molecule has 4 unspecified atom stereocenters.